The number of hydrogen-bond donors (Lipinski definition) is 3. The quantitative estimate of drug-likeness (QED) is 0.0348. The van der Waals surface area contributed by atoms with Gasteiger partial charge in [0, 0.05) is 78.9 Å². The monoisotopic (exact) mass is 1110 g/mol. The van der Waals surface area contributed by atoms with Gasteiger partial charge in [0.15, 0.2) is 0 Å². The average Bonchev–Trinajstić information content (AvgIpc) is 3.34. The van der Waals surface area contributed by atoms with Gasteiger partial charge < -0.3 is 20.0 Å². The number of hydrogen-bond acceptors (Lipinski definition) is 14. The number of carbonyl (C=O) groups is 2. The zero-order valence-electron chi connectivity index (χ0n) is 40.6. The summed E-state index contributed by atoms with van der Waals surface area (Å²) in [5.41, 5.74) is -1.32. The van der Waals surface area contributed by atoms with Crippen molar-refractivity contribution < 1.29 is 58.6 Å². The normalized spacial score (nSPS) is 18.7. The average molecular weight is 1110 g/mol. The van der Waals surface area contributed by atoms with Crippen molar-refractivity contribution in [2.75, 3.05) is 75.0 Å². The number of sulfone groups is 1. The molecule has 73 heavy (non-hydrogen) atoms. The van der Waals surface area contributed by atoms with Crippen LogP contribution in [0.4, 0.5) is 24.5 Å². The first-order valence-electron chi connectivity index (χ1n) is 23.8. The molecule has 0 radical (unpaired) electrons. The van der Waals surface area contributed by atoms with E-state index in [1.165, 1.54) is 40.6 Å². The van der Waals surface area contributed by atoms with Gasteiger partial charge in [-0.1, -0.05) is 66.0 Å². The van der Waals surface area contributed by atoms with Gasteiger partial charge in [-0.2, -0.15) is 13.2 Å². The van der Waals surface area contributed by atoms with Crippen molar-refractivity contribution in [1.29, 1.82) is 0 Å². The molecule has 3 N–H and O–H groups in total. The number of thioether (sulfide) groups is 1. The van der Waals surface area contributed by atoms with E-state index in [9.17, 15) is 49.1 Å². The van der Waals surface area contributed by atoms with Crippen LogP contribution < -0.4 is 14.9 Å². The van der Waals surface area contributed by atoms with Gasteiger partial charge in [-0.25, -0.2) is 26.4 Å². The van der Waals surface area contributed by atoms with E-state index in [1.807, 2.05) is 52.1 Å². The number of nitrogens with zero attached hydrogens (tertiary/aromatic N) is 3. The number of nitrogens with one attached hydrogen (secondary N) is 2. The van der Waals surface area contributed by atoms with Crippen molar-refractivity contribution in [3.63, 3.8) is 0 Å². The summed E-state index contributed by atoms with van der Waals surface area (Å²) >= 11 is 7.56. The summed E-state index contributed by atoms with van der Waals surface area (Å²) in [6.45, 7) is 10.5. The Kier molecular flexibility index (Phi) is 18.2. The lowest BCUT2D eigenvalue weighted by molar-refractivity contribution is -0.223. The standard InChI is InChI=1S/C50H60ClF3N5O10PS3/c1-49(2)23-19-44(35-9-13-39(51)14-10-35)38(32-49)33-58-27-29-59(30-28-58)41-15-11-36(12-16-41)47(60)56-73(66,67)43-17-18-45(46(31-43)72(64,65)50(52,53)54)55-40(34-71-42-7-5-4-6-8-42)22-26-57-24-20-37(21-25-57)48(61)68-69-70(3,62)63/h4-18,31,37,40,55H,19-30,32-34H2,1-3H3,(H,56,60)(H,62,63). The molecule has 0 spiro atoms. The molecule has 0 saturated carbocycles. The van der Waals surface area contributed by atoms with Crippen LogP contribution in [0.5, 0.6) is 0 Å². The van der Waals surface area contributed by atoms with Gasteiger partial charge in [-0.05, 0) is 135 Å². The minimum Gasteiger partial charge on any atom is -0.380 e. The Bertz CT molecular complexity index is 2900. The fourth-order valence-corrected chi connectivity index (χ4v) is 12.6. The van der Waals surface area contributed by atoms with Crippen LogP contribution in [0, 0.1) is 11.3 Å². The number of allylic oxidation sites excluding steroid dienone is 1. The molecule has 2 saturated heterocycles. The molecular formula is C50H60ClF3N5O10PS3. The third-order valence-corrected chi connectivity index (χ3v) is 17.9. The molecule has 2 fully saturated rings. The molecule has 2 atom stereocenters. The first kappa shape index (κ1) is 56.3. The number of piperidine rings is 1. The summed E-state index contributed by atoms with van der Waals surface area (Å²) in [6, 6.07) is 25.0. The molecule has 2 heterocycles. The van der Waals surface area contributed by atoms with Gasteiger partial charge in [0.2, 0.25) is 0 Å². The summed E-state index contributed by atoms with van der Waals surface area (Å²) in [7, 11) is -15.1. The van der Waals surface area contributed by atoms with Gasteiger partial charge in [-0.3, -0.25) is 19.1 Å². The molecule has 1 amide bonds. The Balaban J connectivity index is 1.01. The number of rotatable bonds is 19. The van der Waals surface area contributed by atoms with Crippen molar-refractivity contribution in [3.05, 3.63) is 119 Å². The van der Waals surface area contributed by atoms with Gasteiger partial charge in [-0.15, -0.1) is 11.8 Å². The van der Waals surface area contributed by atoms with Crippen LogP contribution >= 0.6 is 31.0 Å². The Morgan fingerprint density at radius 2 is 1.56 bits per heavy atom. The predicted molar refractivity (Wildman–Crippen MR) is 277 cm³/mol. The van der Waals surface area contributed by atoms with E-state index in [1.54, 1.807) is 12.1 Å². The van der Waals surface area contributed by atoms with Crippen molar-refractivity contribution in [2.24, 2.45) is 11.3 Å². The number of amides is 1. The fourth-order valence-electron chi connectivity index (χ4n) is 9.23. The highest BCUT2D eigenvalue weighted by Crippen LogP contribution is 2.43. The van der Waals surface area contributed by atoms with Crippen molar-refractivity contribution in [1.82, 2.24) is 14.5 Å². The fraction of sp³-hybridized carbons (Fsp3) is 0.440. The molecule has 0 aromatic heterocycles. The van der Waals surface area contributed by atoms with E-state index in [-0.39, 0.29) is 23.2 Å². The van der Waals surface area contributed by atoms with Crippen molar-refractivity contribution in [3.8, 4) is 0 Å². The van der Waals surface area contributed by atoms with E-state index < -0.39 is 72.3 Å². The molecule has 2 aliphatic heterocycles. The second-order valence-electron chi connectivity index (χ2n) is 19.4. The number of halogens is 4. The van der Waals surface area contributed by atoms with E-state index in [2.05, 4.69) is 50.7 Å². The zero-order valence-corrected chi connectivity index (χ0v) is 44.7. The van der Waals surface area contributed by atoms with E-state index >= 15 is 0 Å². The first-order chi connectivity index (χ1) is 34.4. The Hall–Kier alpha value is -4.44. The SMILES string of the molecule is CC1(C)CCC(c2ccc(Cl)cc2)=C(CN2CCN(c3ccc(C(=O)NS(=O)(=O)c4ccc(NC(CCN5CCC(C(=O)OOP(C)(=O)O)CC5)CSc5ccccc5)c(S(=O)(=O)C(F)(F)F)c4)cc3)CC2)C1. The summed E-state index contributed by atoms with van der Waals surface area (Å²) in [5, 5.41) is 3.64. The molecule has 3 aliphatic rings. The number of carbonyl (C=O) groups excluding carboxylic acids is 2. The van der Waals surface area contributed by atoms with Crippen LogP contribution in [-0.2, 0) is 38.8 Å². The lowest BCUT2D eigenvalue weighted by Crippen LogP contribution is -2.47. The molecule has 0 bridgehead atoms. The number of likely N-dealkylation sites (tertiary alicyclic amines) is 1. The van der Waals surface area contributed by atoms with Crippen LogP contribution in [0.25, 0.3) is 5.57 Å². The van der Waals surface area contributed by atoms with Crippen molar-refractivity contribution in [2.45, 2.75) is 78.6 Å². The third kappa shape index (κ3) is 15.3. The number of alkyl halides is 3. The largest absolute Gasteiger partial charge is 0.501 e. The Labute approximate surface area is 434 Å². The molecule has 23 heteroatoms. The van der Waals surface area contributed by atoms with E-state index in [0.29, 0.717) is 56.7 Å². The molecular weight excluding hydrogens is 1050 g/mol. The smallest absolute Gasteiger partial charge is 0.380 e. The maximum Gasteiger partial charge on any atom is 0.501 e. The van der Waals surface area contributed by atoms with Gasteiger partial charge in [0.05, 0.1) is 16.5 Å². The highest BCUT2D eigenvalue weighted by molar-refractivity contribution is 7.99. The number of sulfonamides is 1. The zero-order chi connectivity index (χ0) is 52.8. The van der Waals surface area contributed by atoms with E-state index in [0.717, 1.165) is 68.3 Å². The summed E-state index contributed by atoms with van der Waals surface area (Å²) < 4.78 is 114. The summed E-state index contributed by atoms with van der Waals surface area (Å²) in [4.78, 5) is 44.9. The highest BCUT2D eigenvalue weighted by Gasteiger charge is 2.48. The Morgan fingerprint density at radius 3 is 2.19 bits per heavy atom. The predicted octanol–water partition coefficient (Wildman–Crippen LogP) is 9.50. The molecule has 7 rings (SSSR count). The Morgan fingerprint density at radius 1 is 0.904 bits per heavy atom. The molecule has 2 unspecified atom stereocenters. The summed E-state index contributed by atoms with van der Waals surface area (Å²) in [5.74, 6) is -2.20. The number of anilines is 2. The molecule has 4 aromatic rings. The van der Waals surface area contributed by atoms with Gasteiger partial charge in [0.1, 0.15) is 4.90 Å². The van der Waals surface area contributed by atoms with Crippen LogP contribution in [0.1, 0.15) is 68.3 Å². The van der Waals surface area contributed by atoms with Crippen LogP contribution in [0.15, 0.2) is 117 Å². The molecule has 1 aliphatic carbocycles. The number of benzene rings is 4. The minimum atomic E-state index is -6.15. The maximum atomic E-state index is 14.3. The second-order valence-corrected chi connectivity index (χ2v) is 26.3. The lowest BCUT2D eigenvalue weighted by atomic mass is 9.73. The van der Waals surface area contributed by atoms with Crippen LogP contribution in [0.3, 0.4) is 0 Å². The van der Waals surface area contributed by atoms with E-state index in [4.69, 9.17) is 11.6 Å². The van der Waals surface area contributed by atoms with Crippen LogP contribution in [-0.4, -0.2) is 120 Å². The minimum absolute atomic E-state index is 0.0411. The van der Waals surface area contributed by atoms with Gasteiger partial charge in [0.25, 0.3) is 25.8 Å². The first-order valence-corrected chi connectivity index (χ1v) is 30.2. The van der Waals surface area contributed by atoms with Crippen LogP contribution in [0.2, 0.25) is 5.02 Å². The van der Waals surface area contributed by atoms with Crippen molar-refractivity contribution >= 4 is 79.6 Å². The maximum absolute atomic E-state index is 14.3. The topological polar surface area (TPSA) is 192 Å². The lowest BCUT2D eigenvalue weighted by Gasteiger charge is -2.39. The third-order valence-electron chi connectivity index (χ3n) is 13.3. The molecule has 396 valence electrons. The summed E-state index contributed by atoms with van der Waals surface area (Å²) in [6.07, 6.45) is 4.03. The highest BCUT2D eigenvalue weighted by atomic mass is 35.5. The molecule has 4 aromatic carbocycles. The molecule has 15 nitrogen and oxygen atoms in total. The number of piperazine rings is 1. The van der Waals surface area contributed by atoms with Gasteiger partial charge >= 0.3 is 19.1 Å². The second kappa shape index (κ2) is 23.6.